The second-order valence-electron chi connectivity index (χ2n) is 8.60. The van der Waals surface area contributed by atoms with Crippen LogP contribution in [-0.2, 0) is 4.79 Å². The summed E-state index contributed by atoms with van der Waals surface area (Å²) < 4.78 is 3.98. The summed E-state index contributed by atoms with van der Waals surface area (Å²) in [6.45, 7) is 1.90. The number of halogens is 1. The van der Waals surface area contributed by atoms with Crippen LogP contribution in [0.25, 0.3) is 0 Å². The fourth-order valence-corrected chi connectivity index (χ4v) is 5.18. The number of nitrogens with one attached hydrogen (secondary N) is 1. The maximum atomic E-state index is 14.0. The van der Waals surface area contributed by atoms with Gasteiger partial charge in [-0.1, -0.05) is 48.7 Å². The predicted octanol–water partition coefficient (Wildman–Crippen LogP) is 4.23. The number of benzene rings is 2. The van der Waals surface area contributed by atoms with Crippen molar-refractivity contribution in [2.75, 3.05) is 10.6 Å². The molecular weight excluding hydrogens is 486 g/mol. The van der Waals surface area contributed by atoms with Gasteiger partial charge in [0.15, 0.2) is 5.69 Å². The number of nitrogen functional groups attached to an aromatic ring is 1. The number of anilines is 2. The summed E-state index contributed by atoms with van der Waals surface area (Å²) >= 11 is 6.89. The van der Waals surface area contributed by atoms with Crippen molar-refractivity contribution in [3.8, 4) is 0 Å². The summed E-state index contributed by atoms with van der Waals surface area (Å²) in [5.41, 5.74) is 13.2. The van der Waals surface area contributed by atoms with Crippen LogP contribution >= 0.6 is 23.1 Å². The second-order valence-corrected chi connectivity index (χ2v) is 9.81. The van der Waals surface area contributed by atoms with Gasteiger partial charge in [0, 0.05) is 16.8 Å². The maximum Gasteiger partial charge on any atom is 0.273 e. The maximum absolute atomic E-state index is 14.0. The normalized spacial score (nSPS) is 14.5. The predicted molar refractivity (Wildman–Crippen MR) is 138 cm³/mol. The summed E-state index contributed by atoms with van der Waals surface area (Å²) in [5, 5.41) is 3.63. The van der Waals surface area contributed by atoms with E-state index in [0.29, 0.717) is 16.3 Å². The molecule has 1 aliphatic carbocycles. The lowest BCUT2D eigenvalue weighted by atomic mass is 10.0. The minimum Gasteiger partial charge on any atom is -0.395 e. The molecule has 0 aliphatic heterocycles. The van der Waals surface area contributed by atoms with Crippen LogP contribution in [0.3, 0.4) is 0 Å². The van der Waals surface area contributed by atoms with Crippen molar-refractivity contribution < 1.29 is 14.4 Å². The van der Waals surface area contributed by atoms with Gasteiger partial charge in [-0.05, 0) is 66.7 Å². The number of nitrogens with two attached hydrogens (primary N) is 2. The van der Waals surface area contributed by atoms with E-state index in [9.17, 15) is 14.4 Å². The Morgan fingerprint density at radius 2 is 1.83 bits per heavy atom. The van der Waals surface area contributed by atoms with Crippen LogP contribution in [-0.4, -0.2) is 28.1 Å². The van der Waals surface area contributed by atoms with Gasteiger partial charge >= 0.3 is 0 Å². The fourth-order valence-electron chi connectivity index (χ4n) is 4.31. The van der Waals surface area contributed by atoms with Crippen molar-refractivity contribution in [2.24, 2.45) is 5.73 Å². The van der Waals surface area contributed by atoms with E-state index in [4.69, 9.17) is 23.1 Å². The molecule has 8 nitrogen and oxygen atoms in total. The smallest absolute Gasteiger partial charge is 0.273 e. The first kappa shape index (κ1) is 24.7. The summed E-state index contributed by atoms with van der Waals surface area (Å²) in [7, 11) is 0. The Morgan fingerprint density at radius 1 is 1.14 bits per heavy atom. The molecule has 0 saturated heterocycles. The van der Waals surface area contributed by atoms with Crippen LogP contribution in [0.2, 0.25) is 5.02 Å². The van der Waals surface area contributed by atoms with Crippen LogP contribution < -0.4 is 21.7 Å². The van der Waals surface area contributed by atoms with E-state index in [1.807, 2.05) is 25.1 Å². The van der Waals surface area contributed by atoms with Crippen LogP contribution in [0.1, 0.15) is 63.0 Å². The molecule has 1 aromatic heterocycles. The molecule has 0 radical (unpaired) electrons. The molecular formula is C25H26ClN5O3S. The van der Waals surface area contributed by atoms with Gasteiger partial charge in [0.2, 0.25) is 5.91 Å². The van der Waals surface area contributed by atoms with Gasteiger partial charge in [-0.15, -0.1) is 0 Å². The van der Waals surface area contributed by atoms with Crippen molar-refractivity contribution in [3.05, 3.63) is 75.3 Å². The Hall–Kier alpha value is -3.43. The van der Waals surface area contributed by atoms with E-state index < -0.39 is 17.9 Å². The molecule has 1 heterocycles. The van der Waals surface area contributed by atoms with Gasteiger partial charge in [0.05, 0.1) is 5.69 Å². The molecule has 0 spiro atoms. The van der Waals surface area contributed by atoms with Crippen LogP contribution in [0.4, 0.5) is 11.4 Å². The largest absolute Gasteiger partial charge is 0.395 e. The van der Waals surface area contributed by atoms with Crippen molar-refractivity contribution in [1.29, 1.82) is 0 Å². The minimum atomic E-state index is -1.01. The molecule has 1 atom stereocenters. The van der Waals surface area contributed by atoms with Gasteiger partial charge in [-0.25, -0.2) is 0 Å². The third-order valence-electron chi connectivity index (χ3n) is 6.05. The molecule has 0 bridgehead atoms. The highest BCUT2D eigenvalue weighted by Crippen LogP contribution is 2.34. The van der Waals surface area contributed by atoms with Crippen molar-refractivity contribution in [3.63, 3.8) is 0 Å². The fraction of sp³-hybridized carbons (Fsp3) is 0.280. The number of primary amides is 1. The van der Waals surface area contributed by atoms with E-state index in [-0.39, 0.29) is 28.2 Å². The average molecular weight is 512 g/mol. The number of rotatable bonds is 7. The van der Waals surface area contributed by atoms with Crippen LogP contribution in [0, 0.1) is 6.92 Å². The molecule has 2 aromatic carbocycles. The summed E-state index contributed by atoms with van der Waals surface area (Å²) in [4.78, 5) is 40.9. The Bertz CT molecular complexity index is 1250. The van der Waals surface area contributed by atoms with Gasteiger partial charge in [-0.3, -0.25) is 19.3 Å². The number of aryl methyl sites for hydroxylation is 1. The zero-order chi connectivity index (χ0) is 25.1. The topological polar surface area (TPSA) is 131 Å². The Morgan fingerprint density at radius 3 is 2.43 bits per heavy atom. The first-order valence-electron chi connectivity index (χ1n) is 11.3. The molecule has 3 amide bonds. The number of carbonyl (C=O) groups is 3. The van der Waals surface area contributed by atoms with E-state index in [1.165, 1.54) is 4.90 Å². The van der Waals surface area contributed by atoms with Crippen molar-refractivity contribution in [1.82, 2.24) is 9.69 Å². The summed E-state index contributed by atoms with van der Waals surface area (Å²) in [5.74, 6) is -1.69. The zero-order valence-corrected chi connectivity index (χ0v) is 20.7. The van der Waals surface area contributed by atoms with Gasteiger partial charge in [0.25, 0.3) is 11.8 Å². The molecule has 5 N–H and O–H groups in total. The van der Waals surface area contributed by atoms with E-state index >= 15 is 0 Å². The lowest BCUT2D eigenvalue weighted by molar-refractivity contribution is -0.123. The Labute approximate surface area is 212 Å². The standard InChI is InChI=1S/C25H26ClN5O3S/c1-14-5-4-8-18(13-14)31(25(34)22-19(27)20(23(28)32)30-35-22)21(15-9-11-16(26)12-10-15)24(33)29-17-6-2-3-7-17/h4-5,8-13,17,21H,2-3,6-7,27H2,1H3,(H2,28,32)(H,29,33)/t21-/m1/s1. The quantitative estimate of drug-likeness (QED) is 0.436. The summed E-state index contributed by atoms with van der Waals surface area (Å²) in [6, 6.07) is 13.1. The molecule has 0 unspecified atom stereocenters. The van der Waals surface area contributed by atoms with Crippen molar-refractivity contribution in [2.45, 2.75) is 44.7 Å². The Balaban J connectivity index is 1.85. The number of nitrogens with zero attached hydrogens (tertiary/aromatic N) is 2. The van der Waals surface area contributed by atoms with E-state index in [2.05, 4.69) is 9.69 Å². The SMILES string of the molecule is Cc1cccc(N(C(=O)c2snc(C(N)=O)c2N)[C@@H](C(=O)NC2CCCC2)c2ccc(Cl)cc2)c1. The highest BCUT2D eigenvalue weighted by molar-refractivity contribution is 7.09. The second kappa shape index (κ2) is 10.5. The van der Waals surface area contributed by atoms with Gasteiger partial charge in [-0.2, -0.15) is 4.37 Å². The van der Waals surface area contributed by atoms with Gasteiger partial charge in [0.1, 0.15) is 10.9 Å². The number of hydrogen-bond acceptors (Lipinski definition) is 6. The molecule has 10 heteroatoms. The monoisotopic (exact) mass is 511 g/mol. The zero-order valence-electron chi connectivity index (χ0n) is 19.2. The molecule has 1 saturated carbocycles. The first-order valence-corrected chi connectivity index (χ1v) is 12.4. The number of aromatic nitrogens is 1. The molecule has 1 aliphatic rings. The molecule has 182 valence electrons. The number of carbonyl (C=O) groups excluding carboxylic acids is 3. The van der Waals surface area contributed by atoms with Crippen molar-refractivity contribution >= 4 is 52.2 Å². The lowest BCUT2D eigenvalue weighted by Crippen LogP contribution is -2.46. The minimum absolute atomic E-state index is 0.0351. The number of amides is 3. The molecule has 4 rings (SSSR count). The average Bonchev–Trinajstić information content (AvgIpc) is 3.47. The summed E-state index contributed by atoms with van der Waals surface area (Å²) in [6.07, 6.45) is 3.87. The third-order valence-corrected chi connectivity index (χ3v) is 7.15. The number of hydrogen-bond donors (Lipinski definition) is 3. The van der Waals surface area contributed by atoms with Gasteiger partial charge < -0.3 is 16.8 Å². The molecule has 35 heavy (non-hydrogen) atoms. The highest BCUT2D eigenvalue weighted by atomic mass is 35.5. The lowest BCUT2D eigenvalue weighted by Gasteiger charge is -2.32. The van der Waals surface area contributed by atoms with E-state index in [0.717, 1.165) is 42.8 Å². The molecule has 3 aromatic rings. The third kappa shape index (κ3) is 5.31. The van der Waals surface area contributed by atoms with E-state index in [1.54, 1.807) is 30.3 Å². The first-order chi connectivity index (χ1) is 16.8. The highest BCUT2D eigenvalue weighted by Gasteiger charge is 2.37. The molecule has 1 fully saturated rings. The van der Waals surface area contributed by atoms with Crippen LogP contribution in [0.15, 0.2) is 48.5 Å². The Kier molecular flexibility index (Phi) is 7.37. The van der Waals surface area contributed by atoms with Crippen LogP contribution in [0.5, 0.6) is 0 Å².